The maximum Gasteiger partial charge on any atom is 0.244 e. The third kappa shape index (κ3) is 5.34. The Morgan fingerprint density at radius 2 is 1.65 bits per heavy atom. The van der Waals surface area contributed by atoms with E-state index in [9.17, 15) is 14.4 Å². The first-order chi connectivity index (χ1) is 12.4. The van der Waals surface area contributed by atoms with Gasteiger partial charge in [-0.3, -0.25) is 14.4 Å². The van der Waals surface area contributed by atoms with E-state index < -0.39 is 6.04 Å². The molecule has 140 valence electrons. The molecule has 7 nitrogen and oxygen atoms in total. The summed E-state index contributed by atoms with van der Waals surface area (Å²) in [6.45, 7) is 5.22. The highest BCUT2D eigenvalue weighted by Crippen LogP contribution is 2.12. The first-order valence-electron chi connectivity index (χ1n) is 8.57. The highest BCUT2D eigenvalue weighted by molar-refractivity contribution is 5.95. The van der Waals surface area contributed by atoms with Crippen molar-refractivity contribution in [3.63, 3.8) is 0 Å². The van der Waals surface area contributed by atoms with Crippen LogP contribution in [-0.2, 0) is 14.4 Å². The fourth-order valence-corrected chi connectivity index (χ4v) is 2.73. The number of methoxy groups -OCH3 is 1. The zero-order chi connectivity index (χ0) is 19.1. The van der Waals surface area contributed by atoms with Gasteiger partial charge in [-0.1, -0.05) is 12.1 Å². The van der Waals surface area contributed by atoms with Crippen LogP contribution in [0.2, 0.25) is 0 Å². The van der Waals surface area contributed by atoms with Crippen LogP contribution >= 0.6 is 0 Å². The number of rotatable bonds is 5. The fraction of sp³-hybridized carbons (Fsp3) is 0.421. The fourth-order valence-electron chi connectivity index (χ4n) is 2.73. The normalized spacial score (nSPS) is 15.7. The number of carbonyl (C=O) groups excluding carboxylic acids is 3. The van der Waals surface area contributed by atoms with Crippen LogP contribution in [-0.4, -0.2) is 66.9 Å². The van der Waals surface area contributed by atoms with Crippen LogP contribution in [0.4, 0.5) is 0 Å². The maximum atomic E-state index is 12.4. The Hall–Kier alpha value is -2.83. The third-order valence-corrected chi connectivity index (χ3v) is 4.31. The lowest BCUT2D eigenvalue weighted by Gasteiger charge is -2.35. The lowest BCUT2D eigenvalue weighted by atomic mass is 10.2. The molecule has 0 aliphatic carbocycles. The molecule has 1 aliphatic heterocycles. The SMILES string of the molecule is COc1ccc(/C=C/C(=O)N[C@H](C)C(=O)N2CCN(C(C)=O)CC2)cc1. The predicted molar refractivity (Wildman–Crippen MR) is 98.5 cm³/mol. The topological polar surface area (TPSA) is 79.0 Å². The van der Waals surface area contributed by atoms with Gasteiger partial charge in [0.05, 0.1) is 7.11 Å². The van der Waals surface area contributed by atoms with Crippen LogP contribution in [0, 0.1) is 0 Å². The number of nitrogens with zero attached hydrogens (tertiary/aromatic N) is 2. The van der Waals surface area contributed by atoms with Gasteiger partial charge in [0.2, 0.25) is 17.7 Å². The Morgan fingerprint density at radius 1 is 1.08 bits per heavy atom. The molecule has 0 bridgehead atoms. The van der Waals surface area contributed by atoms with Crippen molar-refractivity contribution >= 4 is 23.8 Å². The van der Waals surface area contributed by atoms with Crippen LogP contribution in [0.15, 0.2) is 30.3 Å². The van der Waals surface area contributed by atoms with Crippen molar-refractivity contribution in [2.45, 2.75) is 19.9 Å². The van der Waals surface area contributed by atoms with E-state index in [-0.39, 0.29) is 17.7 Å². The van der Waals surface area contributed by atoms with Crippen molar-refractivity contribution in [3.8, 4) is 5.75 Å². The molecule has 3 amide bonds. The molecule has 0 saturated carbocycles. The van der Waals surface area contributed by atoms with Gasteiger partial charge in [0.25, 0.3) is 0 Å². The molecule has 0 spiro atoms. The number of piperazine rings is 1. The minimum atomic E-state index is -0.619. The van der Waals surface area contributed by atoms with Crippen molar-refractivity contribution in [2.75, 3.05) is 33.3 Å². The summed E-state index contributed by atoms with van der Waals surface area (Å²) >= 11 is 0. The largest absolute Gasteiger partial charge is 0.497 e. The molecule has 26 heavy (non-hydrogen) atoms. The number of hydrogen-bond donors (Lipinski definition) is 1. The molecular weight excluding hydrogens is 334 g/mol. The summed E-state index contributed by atoms with van der Waals surface area (Å²) in [5.41, 5.74) is 0.861. The summed E-state index contributed by atoms with van der Waals surface area (Å²) in [6.07, 6.45) is 3.08. The predicted octanol–water partition coefficient (Wildman–Crippen LogP) is 0.904. The van der Waals surface area contributed by atoms with Crippen molar-refractivity contribution in [2.24, 2.45) is 0 Å². The van der Waals surface area contributed by atoms with Crippen LogP contribution in [0.25, 0.3) is 6.08 Å². The van der Waals surface area contributed by atoms with Crippen LogP contribution in [0.1, 0.15) is 19.4 Å². The second kappa shape index (κ2) is 9.03. The molecule has 1 aromatic carbocycles. The summed E-state index contributed by atoms with van der Waals surface area (Å²) in [6, 6.07) is 6.68. The minimum absolute atomic E-state index is 0.0159. The van der Waals surface area contributed by atoms with Crippen molar-refractivity contribution < 1.29 is 19.1 Å². The van der Waals surface area contributed by atoms with E-state index in [1.807, 2.05) is 24.3 Å². The Labute approximate surface area is 153 Å². The van der Waals surface area contributed by atoms with E-state index in [1.165, 1.54) is 13.0 Å². The second-order valence-electron chi connectivity index (χ2n) is 6.17. The Morgan fingerprint density at radius 3 is 2.19 bits per heavy atom. The average Bonchev–Trinajstić information content (AvgIpc) is 2.66. The smallest absolute Gasteiger partial charge is 0.244 e. The number of ether oxygens (including phenoxy) is 1. The van der Waals surface area contributed by atoms with Gasteiger partial charge < -0.3 is 19.9 Å². The highest BCUT2D eigenvalue weighted by atomic mass is 16.5. The Balaban J connectivity index is 1.83. The van der Waals surface area contributed by atoms with Crippen LogP contribution < -0.4 is 10.1 Å². The number of amides is 3. The zero-order valence-corrected chi connectivity index (χ0v) is 15.4. The van der Waals surface area contributed by atoms with Gasteiger partial charge in [0, 0.05) is 39.2 Å². The molecule has 1 N–H and O–H groups in total. The molecule has 1 saturated heterocycles. The van der Waals surface area contributed by atoms with Gasteiger partial charge in [-0.2, -0.15) is 0 Å². The van der Waals surface area contributed by atoms with Crippen LogP contribution in [0.3, 0.4) is 0 Å². The monoisotopic (exact) mass is 359 g/mol. The Bertz CT molecular complexity index is 677. The van der Waals surface area contributed by atoms with E-state index in [2.05, 4.69) is 5.32 Å². The number of nitrogens with one attached hydrogen (secondary N) is 1. The average molecular weight is 359 g/mol. The number of benzene rings is 1. The van der Waals surface area contributed by atoms with Crippen molar-refractivity contribution in [3.05, 3.63) is 35.9 Å². The zero-order valence-electron chi connectivity index (χ0n) is 15.4. The quantitative estimate of drug-likeness (QED) is 0.793. The molecule has 1 fully saturated rings. The van der Waals surface area contributed by atoms with Gasteiger partial charge in [-0.25, -0.2) is 0 Å². The summed E-state index contributed by atoms with van der Waals surface area (Å²) in [4.78, 5) is 39.2. The third-order valence-electron chi connectivity index (χ3n) is 4.31. The van der Waals surface area contributed by atoms with Crippen molar-refractivity contribution in [1.29, 1.82) is 0 Å². The lowest BCUT2D eigenvalue weighted by Crippen LogP contribution is -2.54. The summed E-state index contributed by atoms with van der Waals surface area (Å²) < 4.78 is 5.08. The summed E-state index contributed by atoms with van der Waals surface area (Å²) in [7, 11) is 1.59. The van der Waals surface area contributed by atoms with E-state index in [1.54, 1.807) is 29.9 Å². The standard InChI is InChI=1S/C19H25N3O4/c1-14(19(25)22-12-10-21(11-13-22)15(2)23)20-18(24)9-6-16-4-7-17(26-3)8-5-16/h4-9,14H,10-13H2,1-3H3,(H,20,24)/b9-6+/t14-/m1/s1. The molecule has 2 rings (SSSR count). The van der Waals surface area contributed by atoms with E-state index in [4.69, 9.17) is 4.74 Å². The first-order valence-corrected chi connectivity index (χ1v) is 8.57. The van der Waals surface area contributed by atoms with E-state index in [0.717, 1.165) is 11.3 Å². The summed E-state index contributed by atoms with van der Waals surface area (Å²) in [5.74, 6) is 0.293. The second-order valence-corrected chi connectivity index (χ2v) is 6.17. The van der Waals surface area contributed by atoms with E-state index in [0.29, 0.717) is 26.2 Å². The summed E-state index contributed by atoms with van der Waals surface area (Å²) in [5, 5.41) is 2.68. The maximum absolute atomic E-state index is 12.4. The van der Waals surface area contributed by atoms with Crippen molar-refractivity contribution in [1.82, 2.24) is 15.1 Å². The molecule has 0 aromatic heterocycles. The van der Waals surface area contributed by atoms with Gasteiger partial charge in [0.1, 0.15) is 11.8 Å². The molecule has 0 unspecified atom stereocenters. The minimum Gasteiger partial charge on any atom is -0.497 e. The molecule has 1 heterocycles. The molecule has 1 atom stereocenters. The molecule has 7 heteroatoms. The lowest BCUT2D eigenvalue weighted by molar-refractivity contribution is -0.140. The highest BCUT2D eigenvalue weighted by Gasteiger charge is 2.26. The molecule has 0 radical (unpaired) electrons. The van der Waals surface area contributed by atoms with Gasteiger partial charge >= 0.3 is 0 Å². The van der Waals surface area contributed by atoms with Gasteiger partial charge in [-0.15, -0.1) is 0 Å². The van der Waals surface area contributed by atoms with Crippen LogP contribution in [0.5, 0.6) is 5.75 Å². The first kappa shape index (κ1) is 19.5. The molecule has 1 aromatic rings. The molecular formula is C19H25N3O4. The molecule has 1 aliphatic rings. The van der Waals surface area contributed by atoms with Gasteiger partial charge in [0.15, 0.2) is 0 Å². The number of hydrogen-bond acceptors (Lipinski definition) is 4. The number of carbonyl (C=O) groups is 3. The van der Waals surface area contributed by atoms with E-state index >= 15 is 0 Å². The van der Waals surface area contributed by atoms with Gasteiger partial charge in [-0.05, 0) is 30.7 Å². The Kier molecular flexibility index (Phi) is 6.77.